The van der Waals surface area contributed by atoms with Gasteiger partial charge in [0.15, 0.2) is 0 Å². The van der Waals surface area contributed by atoms with Crippen LogP contribution in [0.1, 0.15) is 13.8 Å². The highest BCUT2D eigenvalue weighted by Gasteiger charge is 2.24. The zero-order valence-electron chi connectivity index (χ0n) is 11.0. The molecule has 1 aliphatic rings. The molecule has 1 aromatic rings. The lowest BCUT2D eigenvalue weighted by molar-refractivity contribution is 0.221. The van der Waals surface area contributed by atoms with Crippen molar-refractivity contribution >= 4 is 29.1 Å². The van der Waals surface area contributed by atoms with Crippen LogP contribution in [0.2, 0.25) is 5.02 Å². The van der Waals surface area contributed by atoms with Crippen molar-refractivity contribution in [1.82, 2.24) is 4.90 Å². The maximum Gasteiger partial charge on any atom is 0.0637 e. The van der Waals surface area contributed by atoms with Crippen molar-refractivity contribution in [3.63, 3.8) is 0 Å². The van der Waals surface area contributed by atoms with Gasteiger partial charge in [0, 0.05) is 36.7 Å². The Kier molecular flexibility index (Phi) is 5.22. The third kappa shape index (κ3) is 3.56. The lowest BCUT2D eigenvalue weighted by Crippen LogP contribution is -2.46. The maximum absolute atomic E-state index is 6.12. The highest BCUT2D eigenvalue weighted by molar-refractivity contribution is 8.00. The molecule has 1 heterocycles. The summed E-state index contributed by atoms with van der Waals surface area (Å²) in [5.41, 5.74) is 1.03. The van der Waals surface area contributed by atoms with Gasteiger partial charge in [0.05, 0.1) is 10.7 Å². The summed E-state index contributed by atoms with van der Waals surface area (Å²) < 4.78 is 0. The van der Waals surface area contributed by atoms with E-state index >= 15 is 0 Å². The fraction of sp³-hybridized carbons (Fsp3) is 0.571. The molecule has 0 radical (unpaired) electrons. The fourth-order valence-corrected chi connectivity index (χ4v) is 3.61. The van der Waals surface area contributed by atoms with E-state index < -0.39 is 0 Å². The number of hydrogen-bond donors (Lipinski definition) is 1. The Labute approximate surface area is 119 Å². The standard InChI is InChI=1S/C14H21ClN2S/c1-11-12(2)18-10-9-17(11)8-7-16-14-6-4-3-5-13(14)15/h3-6,11-12,16H,7-10H2,1-2H3. The quantitative estimate of drug-likeness (QED) is 0.910. The van der Waals surface area contributed by atoms with Crippen LogP contribution in [-0.4, -0.2) is 41.6 Å². The molecule has 18 heavy (non-hydrogen) atoms. The molecule has 100 valence electrons. The topological polar surface area (TPSA) is 15.3 Å². The van der Waals surface area contributed by atoms with E-state index in [0.717, 1.165) is 29.0 Å². The minimum atomic E-state index is 0.664. The van der Waals surface area contributed by atoms with Gasteiger partial charge in [-0.1, -0.05) is 30.7 Å². The summed E-state index contributed by atoms with van der Waals surface area (Å²) in [7, 11) is 0. The number of benzene rings is 1. The summed E-state index contributed by atoms with van der Waals surface area (Å²) in [6.07, 6.45) is 0. The molecule has 0 amide bonds. The van der Waals surface area contributed by atoms with Crippen LogP contribution in [0.4, 0.5) is 5.69 Å². The first-order valence-corrected chi connectivity index (χ1v) is 7.95. The molecule has 1 fully saturated rings. The van der Waals surface area contributed by atoms with E-state index in [1.165, 1.54) is 12.3 Å². The molecular weight excluding hydrogens is 264 g/mol. The van der Waals surface area contributed by atoms with Gasteiger partial charge >= 0.3 is 0 Å². The fourth-order valence-electron chi connectivity index (χ4n) is 2.25. The number of nitrogens with one attached hydrogen (secondary N) is 1. The number of hydrogen-bond acceptors (Lipinski definition) is 3. The molecule has 2 rings (SSSR count). The number of anilines is 1. The first-order chi connectivity index (χ1) is 8.68. The Hall–Kier alpha value is -0.380. The molecule has 0 spiro atoms. The van der Waals surface area contributed by atoms with E-state index in [0.29, 0.717) is 6.04 Å². The van der Waals surface area contributed by atoms with Gasteiger partial charge < -0.3 is 5.32 Å². The Morgan fingerprint density at radius 3 is 2.94 bits per heavy atom. The molecule has 1 saturated heterocycles. The predicted octanol–water partition coefficient (Wildman–Crippen LogP) is 3.58. The van der Waals surface area contributed by atoms with Gasteiger partial charge in [-0.05, 0) is 19.1 Å². The third-order valence-corrected chi connectivity index (χ3v) is 5.27. The van der Waals surface area contributed by atoms with Crippen molar-refractivity contribution in [3.05, 3.63) is 29.3 Å². The second kappa shape index (κ2) is 6.69. The molecule has 2 unspecified atom stereocenters. The molecule has 0 bridgehead atoms. The molecule has 0 saturated carbocycles. The molecule has 0 aliphatic carbocycles. The van der Waals surface area contributed by atoms with Crippen molar-refractivity contribution in [1.29, 1.82) is 0 Å². The molecule has 4 heteroatoms. The zero-order valence-corrected chi connectivity index (χ0v) is 12.6. The number of nitrogens with zero attached hydrogens (tertiary/aromatic N) is 1. The lowest BCUT2D eigenvalue weighted by atomic mass is 10.2. The molecule has 1 aromatic carbocycles. The number of rotatable bonds is 4. The molecule has 2 nitrogen and oxygen atoms in total. The Morgan fingerprint density at radius 1 is 1.39 bits per heavy atom. The van der Waals surface area contributed by atoms with Gasteiger partial charge in [0.25, 0.3) is 0 Å². The minimum Gasteiger partial charge on any atom is -0.383 e. The first kappa shape index (κ1) is 14.0. The van der Waals surface area contributed by atoms with Gasteiger partial charge in [-0.2, -0.15) is 11.8 Å². The SMILES string of the molecule is CC1SCCN(CCNc2ccccc2Cl)C1C. The largest absolute Gasteiger partial charge is 0.383 e. The number of halogens is 1. The second-order valence-corrected chi connectivity index (χ2v) is 6.65. The van der Waals surface area contributed by atoms with E-state index in [1.54, 1.807) is 0 Å². The summed E-state index contributed by atoms with van der Waals surface area (Å²) in [5, 5.41) is 4.95. The van der Waals surface area contributed by atoms with Crippen LogP contribution >= 0.6 is 23.4 Å². The molecule has 2 atom stereocenters. The van der Waals surface area contributed by atoms with Gasteiger partial charge in [-0.3, -0.25) is 4.90 Å². The molecule has 1 N–H and O–H groups in total. The van der Waals surface area contributed by atoms with Crippen LogP contribution in [0.25, 0.3) is 0 Å². The van der Waals surface area contributed by atoms with Gasteiger partial charge in [-0.25, -0.2) is 0 Å². The van der Waals surface area contributed by atoms with Gasteiger partial charge in [0.1, 0.15) is 0 Å². The maximum atomic E-state index is 6.12. The van der Waals surface area contributed by atoms with E-state index in [1.807, 2.05) is 24.3 Å². The highest BCUT2D eigenvalue weighted by atomic mass is 35.5. The van der Waals surface area contributed by atoms with Crippen LogP contribution in [0.3, 0.4) is 0 Å². The first-order valence-electron chi connectivity index (χ1n) is 6.52. The molecular formula is C14H21ClN2S. The van der Waals surface area contributed by atoms with Crippen molar-refractivity contribution in [2.45, 2.75) is 25.1 Å². The second-order valence-electron chi connectivity index (χ2n) is 4.76. The van der Waals surface area contributed by atoms with Crippen LogP contribution in [0.5, 0.6) is 0 Å². The van der Waals surface area contributed by atoms with E-state index in [2.05, 4.69) is 35.8 Å². The van der Waals surface area contributed by atoms with Crippen LogP contribution < -0.4 is 5.32 Å². The zero-order chi connectivity index (χ0) is 13.0. The van der Waals surface area contributed by atoms with Crippen molar-refractivity contribution in [3.8, 4) is 0 Å². The Bertz CT molecular complexity index is 386. The monoisotopic (exact) mass is 284 g/mol. The van der Waals surface area contributed by atoms with Crippen molar-refractivity contribution in [2.75, 3.05) is 30.7 Å². The average Bonchev–Trinajstić information content (AvgIpc) is 2.37. The normalized spacial score (nSPS) is 25.1. The van der Waals surface area contributed by atoms with E-state index in [9.17, 15) is 0 Å². The number of para-hydroxylation sites is 1. The third-order valence-electron chi connectivity index (χ3n) is 3.60. The summed E-state index contributed by atoms with van der Waals surface area (Å²) in [6, 6.07) is 8.58. The van der Waals surface area contributed by atoms with Crippen LogP contribution in [-0.2, 0) is 0 Å². The predicted molar refractivity (Wildman–Crippen MR) is 82.9 cm³/mol. The Balaban J connectivity index is 1.80. The van der Waals surface area contributed by atoms with Gasteiger partial charge in [0.2, 0.25) is 0 Å². The van der Waals surface area contributed by atoms with E-state index in [4.69, 9.17) is 11.6 Å². The summed E-state index contributed by atoms with van der Waals surface area (Å²) in [5.74, 6) is 1.25. The summed E-state index contributed by atoms with van der Waals surface area (Å²) in [4.78, 5) is 2.56. The smallest absolute Gasteiger partial charge is 0.0637 e. The van der Waals surface area contributed by atoms with Crippen LogP contribution in [0, 0.1) is 0 Å². The lowest BCUT2D eigenvalue weighted by Gasteiger charge is -2.37. The Morgan fingerprint density at radius 2 is 2.17 bits per heavy atom. The molecule has 0 aromatic heterocycles. The van der Waals surface area contributed by atoms with E-state index in [-0.39, 0.29) is 0 Å². The minimum absolute atomic E-state index is 0.664. The summed E-state index contributed by atoms with van der Waals surface area (Å²) >= 11 is 8.20. The molecule has 1 aliphatic heterocycles. The van der Waals surface area contributed by atoms with Crippen molar-refractivity contribution < 1.29 is 0 Å². The summed E-state index contributed by atoms with van der Waals surface area (Å²) in [6.45, 7) is 7.87. The van der Waals surface area contributed by atoms with Gasteiger partial charge in [-0.15, -0.1) is 0 Å². The highest BCUT2D eigenvalue weighted by Crippen LogP contribution is 2.24. The number of thioether (sulfide) groups is 1. The van der Waals surface area contributed by atoms with Crippen molar-refractivity contribution in [2.24, 2.45) is 0 Å². The van der Waals surface area contributed by atoms with Crippen LogP contribution in [0.15, 0.2) is 24.3 Å². The average molecular weight is 285 g/mol.